The van der Waals surface area contributed by atoms with Gasteiger partial charge in [-0.05, 0) is 25.5 Å². The van der Waals surface area contributed by atoms with Gasteiger partial charge in [0.15, 0.2) is 11.5 Å². The number of nitrogens with one attached hydrogen (secondary N) is 1. The average molecular weight is 232 g/mol. The van der Waals surface area contributed by atoms with Crippen molar-refractivity contribution in [2.24, 2.45) is 0 Å². The zero-order chi connectivity index (χ0) is 11.7. The first-order valence-corrected chi connectivity index (χ1v) is 6.00. The molecule has 1 saturated heterocycles. The predicted molar refractivity (Wildman–Crippen MR) is 64.1 cm³/mol. The Morgan fingerprint density at radius 2 is 2.41 bits per heavy atom. The molecule has 5 nitrogen and oxygen atoms in total. The summed E-state index contributed by atoms with van der Waals surface area (Å²) in [5.74, 6) is 1.70. The van der Waals surface area contributed by atoms with E-state index in [0.717, 1.165) is 30.2 Å². The lowest BCUT2D eigenvalue weighted by atomic mass is 10.0. The van der Waals surface area contributed by atoms with E-state index in [9.17, 15) is 0 Å². The van der Waals surface area contributed by atoms with Gasteiger partial charge >= 0.3 is 0 Å². The smallest absolute Gasteiger partial charge is 0.168 e. The van der Waals surface area contributed by atoms with E-state index in [2.05, 4.69) is 15.4 Å². The highest BCUT2D eigenvalue weighted by Crippen LogP contribution is 2.21. The Labute approximate surface area is 99.8 Å². The largest absolute Gasteiger partial charge is 0.497 e. The number of ether oxygens (including phenoxy) is 1. The Balaban J connectivity index is 1.95. The number of piperidine rings is 1. The molecule has 2 aromatic heterocycles. The molecule has 0 bridgehead atoms. The van der Waals surface area contributed by atoms with Crippen LogP contribution in [0.2, 0.25) is 0 Å². The molecule has 3 rings (SSSR count). The third-order valence-corrected chi connectivity index (χ3v) is 3.18. The molecule has 90 valence electrons. The second-order valence-electron chi connectivity index (χ2n) is 4.34. The molecule has 0 saturated carbocycles. The van der Waals surface area contributed by atoms with Crippen molar-refractivity contribution in [3.8, 4) is 5.75 Å². The van der Waals surface area contributed by atoms with E-state index in [1.807, 2.05) is 18.3 Å². The molecule has 1 atom stereocenters. The molecule has 0 spiro atoms. The minimum Gasteiger partial charge on any atom is -0.497 e. The highest BCUT2D eigenvalue weighted by Gasteiger charge is 2.19. The normalized spacial score (nSPS) is 20.6. The van der Waals surface area contributed by atoms with Crippen molar-refractivity contribution in [2.75, 3.05) is 13.7 Å². The van der Waals surface area contributed by atoms with Crippen LogP contribution >= 0.6 is 0 Å². The van der Waals surface area contributed by atoms with Crippen molar-refractivity contribution in [1.82, 2.24) is 19.9 Å². The molecule has 0 aromatic carbocycles. The predicted octanol–water partition coefficient (Wildman–Crippen LogP) is 1.55. The Kier molecular flexibility index (Phi) is 2.68. The molecule has 3 heterocycles. The second-order valence-corrected chi connectivity index (χ2v) is 4.34. The maximum absolute atomic E-state index is 5.18. The Hall–Kier alpha value is -1.62. The Bertz CT molecular complexity index is 516. The number of hydrogen-bond acceptors (Lipinski definition) is 4. The molecule has 1 fully saturated rings. The van der Waals surface area contributed by atoms with E-state index in [1.54, 1.807) is 11.6 Å². The van der Waals surface area contributed by atoms with Gasteiger partial charge in [-0.25, -0.2) is 9.50 Å². The van der Waals surface area contributed by atoms with Crippen LogP contribution in [0.15, 0.2) is 18.3 Å². The highest BCUT2D eigenvalue weighted by molar-refractivity contribution is 5.43. The summed E-state index contributed by atoms with van der Waals surface area (Å²) < 4.78 is 6.98. The van der Waals surface area contributed by atoms with Gasteiger partial charge in [-0.2, -0.15) is 0 Å². The van der Waals surface area contributed by atoms with E-state index in [4.69, 9.17) is 4.74 Å². The third-order valence-electron chi connectivity index (χ3n) is 3.18. The molecule has 2 aromatic rings. The second kappa shape index (κ2) is 4.33. The molecule has 1 aliphatic heterocycles. The van der Waals surface area contributed by atoms with Crippen LogP contribution in [0.3, 0.4) is 0 Å². The van der Waals surface area contributed by atoms with Crippen molar-refractivity contribution >= 4 is 5.65 Å². The SMILES string of the molecule is COc1ccn2nc(C3CCCCN3)nc2c1. The monoisotopic (exact) mass is 232 g/mol. The van der Waals surface area contributed by atoms with Gasteiger partial charge in [-0.15, -0.1) is 5.10 Å². The molecular weight excluding hydrogens is 216 g/mol. The number of pyridine rings is 1. The zero-order valence-electron chi connectivity index (χ0n) is 9.89. The molecule has 1 N–H and O–H groups in total. The molecule has 0 aliphatic carbocycles. The lowest BCUT2D eigenvalue weighted by Crippen LogP contribution is -2.27. The van der Waals surface area contributed by atoms with Crippen LogP contribution in [-0.4, -0.2) is 28.3 Å². The molecule has 0 amide bonds. The summed E-state index contributed by atoms with van der Waals surface area (Å²) in [6, 6.07) is 4.09. The molecular formula is C12H16N4O. The minimum atomic E-state index is 0.301. The lowest BCUT2D eigenvalue weighted by molar-refractivity contribution is 0.397. The highest BCUT2D eigenvalue weighted by atomic mass is 16.5. The third kappa shape index (κ3) is 1.98. The number of methoxy groups -OCH3 is 1. The summed E-state index contributed by atoms with van der Waals surface area (Å²) in [6.07, 6.45) is 5.50. The first kappa shape index (κ1) is 10.5. The van der Waals surface area contributed by atoms with Gasteiger partial charge in [0.2, 0.25) is 0 Å². The van der Waals surface area contributed by atoms with Gasteiger partial charge in [-0.1, -0.05) is 6.42 Å². The van der Waals surface area contributed by atoms with E-state index < -0.39 is 0 Å². The first-order valence-electron chi connectivity index (χ1n) is 6.00. The van der Waals surface area contributed by atoms with Gasteiger partial charge in [-0.3, -0.25) is 0 Å². The summed E-state index contributed by atoms with van der Waals surface area (Å²) in [4.78, 5) is 4.55. The molecule has 17 heavy (non-hydrogen) atoms. The van der Waals surface area contributed by atoms with Crippen LogP contribution in [0.1, 0.15) is 31.1 Å². The van der Waals surface area contributed by atoms with Gasteiger partial charge < -0.3 is 10.1 Å². The standard InChI is InChI=1S/C12H16N4O/c1-17-9-5-7-16-11(8-9)14-12(15-16)10-4-2-3-6-13-10/h5,7-8,10,13H,2-4,6H2,1H3. The van der Waals surface area contributed by atoms with Gasteiger partial charge in [0.05, 0.1) is 13.2 Å². The van der Waals surface area contributed by atoms with Gasteiger partial charge in [0.25, 0.3) is 0 Å². The van der Waals surface area contributed by atoms with E-state index in [-0.39, 0.29) is 0 Å². The average Bonchev–Trinajstić information content (AvgIpc) is 2.82. The zero-order valence-corrected chi connectivity index (χ0v) is 9.89. The van der Waals surface area contributed by atoms with Crippen LogP contribution in [0.4, 0.5) is 0 Å². The van der Waals surface area contributed by atoms with Crippen LogP contribution in [0.25, 0.3) is 5.65 Å². The topological polar surface area (TPSA) is 51.5 Å². The molecule has 5 heteroatoms. The van der Waals surface area contributed by atoms with Crippen molar-refractivity contribution in [2.45, 2.75) is 25.3 Å². The lowest BCUT2D eigenvalue weighted by Gasteiger charge is -2.20. The van der Waals surface area contributed by atoms with Crippen molar-refractivity contribution in [3.63, 3.8) is 0 Å². The first-order chi connectivity index (χ1) is 8.36. The fourth-order valence-corrected chi connectivity index (χ4v) is 2.23. The maximum atomic E-state index is 5.18. The number of hydrogen-bond donors (Lipinski definition) is 1. The number of rotatable bonds is 2. The summed E-state index contributed by atoms with van der Waals surface area (Å²) in [6.45, 7) is 1.06. The van der Waals surface area contributed by atoms with E-state index in [1.165, 1.54) is 12.8 Å². The molecule has 1 aliphatic rings. The summed E-state index contributed by atoms with van der Waals surface area (Å²) in [7, 11) is 1.66. The van der Waals surface area contributed by atoms with Gasteiger partial charge in [0, 0.05) is 12.3 Å². The molecule has 1 unspecified atom stereocenters. The quantitative estimate of drug-likeness (QED) is 0.853. The Morgan fingerprint density at radius 3 is 3.18 bits per heavy atom. The van der Waals surface area contributed by atoms with Crippen molar-refractivity contribution in [3.05, 3.63) is 24.2 Å². The molecule has 0 radical (unpaired) electrons. The van der Waals surface area contributed by atoms with Crippen molar-refractivity contribution < 1.29 is 4.74 Å². The summed E-state index contributed by atoms with van der Waals surface area (Å²) >= 11 is 0. The van der Waals surface area contributed by atoms with Gasteiger partial charge in [0.1, 0.15) is 5.75 Å². The minimum absolute atomic E-state index is 0.301. The van der Waals surface area contributed by atoms with E-state index >= 15 is 0 Å². The number of aromatic nitrogens is 3. The maximum Gasteiger partial charge on any atom is 0.168 e. The Morgan fingerprint density at radius 1 is 1.47 bits per heavy atom. The van der Waals surface area contributed by atoms with E-state index in [0.29, 0.717) is 6.04 Å². The van der Waals surface area contributed by atoms with Crippen LogP contribution in [0, 0.1) is 0 Å². The van der Waals surface area contributed by atoms with Crippen LogP contribution in [-0.2, 0) is 0 Å². The number of nitrogens with zero attached hydrogens (tertiary/aromatic N) is 3. The summed E-state index contributed by atoms with van der Waals surface area (Å²) in [5.41, 5.74) is 0.840. The fraction of sp³-hybridized carbons (Fsp3) is 0.500. The summed E-state index contributed by atoms with van der Waals surface area (Å²) in [5, 5.41) is 7.95. The van der Waals surface area contributed by atoms with Crippen LogP contribution in [0.5, 0.6) is 5.75 Å². The van der Waals surface area contributed by atoms with Crippen molar-refractivity contribution in [1.29, 1.82) is 0 Å². The fourth-order valence-electron chi connectivity index (χ4n) is 2.23. The van der Waals surface area contributed by atoms with Crippen LogP contribution < -0.4 is 10.1 Å². The number of fused-ring (bicyclic) bond motifs is 1.